The van der Waals surface area contributed by atoms with Gasteiger partial charge >= 0.3 is 30.0 Å². The number of nitrogens with two attached hydrogens (primary N) is 2. The summed E-state index contributed by atoms with van der Waals surface area (Å²) in [6.07, 6.45) is -4.54. The van der Waals surface area contributed by atoms with Gasteiger partial charge < -0.3 is 35.9 Å². The van der Waals surface area contributed by atoms with Crippen molar-refractivity contribution >= 4 is 30.0 Å². The number of carbonyl (C=O) groups is 5. The van der Waals surface area contributed by atoms with E-state index in [9.17, 15) is 34.2 Å². The molecule has 0 aliphatic heterocycles. The molecular formula is C28H28N2O10. The summed E-state index contributed by atoms with van der Waals surface area (Å²) in [4.78, 5) is 57.1. The van der Waals surface area contributed by atoms with Crippen molar-refractivity contribution in [1.29, 1.82) is 0 Å². The fourth-order valence-corrected chi connectivity index (χ4v) is 3.16. The Morgan fingerprint density at radius 3 is 1.38 bits per heavy atom. The Morgan fingerprint density at radius 2 is 1.02 bits per heavy atom. The van der Waals surface area contributed by atoms with Gasteiger partial charge in [0.15, 0.2) is 0 Å². The second-order valence-electron chi connectivity index (χ2n) is 8.14. The highest BCUT2D eigenvalue weighted by Crippen LogP contribution is 2.13. The summed E-state index contributed by atoms with van der Waals surface area (Å²) in [5.41, 5.74) is 11.7. The molecule has 0 aliphatic rings. The van der Waals surface area contributed by atoms with Crippen LogP contribution in [0.2, 0.25) is 0 Å². The third kappa shape index (κ3) is 10.6. The number of carboxylic acids is 2. The lowest BCUT2D eigenvalue weighted by Gasteiger charge is -2.21. The molecule has 0 saturated heterocycles. The van der Waals surface area contributed by atoms with Crippen molar-refractivity contribution < 1.29 is 48.4 Å². The SMILES string of the molecule is NC(=O)OC[C@H](N)Cc1ccccc1.O=C(O[C@H](C(=O)O)[C@H](OC(=O)c1ccccc1)C(=O)O)c1ccccc1. The van der Waals surface area contributed by atoms with Crippen molar-refractivity contribution in [2.75, 3.05) is 6.61 Å². The van der Waals surface area contributed by atoms with Gasteiger partial charge in [0.05, 0.1) is 11.1 Å². The van der Waals surface area contributed by atoms with Crippen molar-refractivity contribution in [3.63, 3.8) is 0 Å². The van der Waals surface area contributed by atoms with Gasteiger partial charge in [-0.1, -0.05) is 66.7 Å². The zero-order valence-electron chi connectivity index (χ0n) is 21.1. The Labute approximate surface area is 229 Å². The van der Waals surface area contributed by atoms with Gasteiger partial charge in [0, 0.05) is 6.04 Å². The van der Waals surface area contributed by atoms with Gasteiger partial charge in [-0.05, 0) is 36.2 Å². The quantitative estimate of drug-likeness (QED) is 0.200. The molecule has 0 heterocycles. The number of primary amides is 1. The van der Waals surface area contributed by atoms with Crippen LogP contribution in [-0.2, 0) is 30.2 Å². The van der Waals surface area contributed by atoms with E-state index in [-0.39, 0.29) is 23.8 Å². The number of hydrogen-bond donors (Lipinski definition) is 4. The average molecular weight is 553 g/mol. The van der Waals surface area contributed by atoms with E-state index in [4.69, 9.17) is 20.9 Å². The molecular weight excluding hydrogens is 524 g/mol. The van der Waals surface area contributed by atoms with E-state index in [0.717, 1.165) is 5.56 Å². The van der Waals surface area contributed by atoms with E-state index in [0.29, 0.717) is 6.42 Å². The normalized spacial score (nSPS) is 12.3. The molecule has 12 heteroatoms. The van der Waals surface area contributed by atoms with Gasteiger partial charge in [-0.25, -0.2) is 24.0 Å². The molecule has 12 nitrogen and oxygen atoms in total. The van der Waals surface area contributed by atoms with E-state index in [2.05, 4.69) is 4.74 Å². The molecule has 0 fully saturated rings. The van der Waals surface area contributed by atoms with E-state index in [1.54, 1.807) is 12.1 Å². The molecule has 3 aromatic carbocycles. The summed E-state index contributed by atoms with van der Waals surface area (Å²) in [6.45, 7) is 0.157. The Morgan fingerprint density at radius 1 is 0.650 bits per heavy atom. The molecule has 0 unspecified atom stereocenters. The zero-order chi connectivity index (χ0) is 29.5. The Bertz CT molecular complexity index is 1200. The Hall–Kier alpha value is -5.23. The minimum absolute atomic E-state index is 0.0253. The maximum Gasteiger partial charge on any atom is 0.404 e. The van der Waals surface area contributed by atoms with Crippen LogP contribution < -0.4 is 11.5 Å². The first-order chi connectivity index (χ1) is 19.1. The Balaban J connectivity index is 0.000000337. The molecule has 3 atom stereocenters. The number of ether oxygens (including phenoxy) is 3. The molecule has 40 heavy (non-hydrogen) atoms. The predicted octanol–water partition coefficient (Wildman–Crippen LogP) is 2.26. The highest BCUT2D eigenvalue weighted by molar-refractivity contribution is 5.95. The summed E-state index contributed by atoms with van der Waals surface area (Å²) in [7, 11) is 0. The molecule has 0 bridgehead atoms. The zero-order valence-corrected chi connectivity index (χ0v) is 21.1. The number of esters is 2. The molecule has 0 aromatic heterocycles. The smallest absolute Gasteiger partial charge is 0.404 e. The van der Waals surface area contributed by atoms with Crippen molar-refractivity contribution in [3.05, 3.63) is 108 Å². The van der Waals surface area contributed by atoms with Crippen LogP contribution in [0.4, 0.5) is 4.79 Å². The minimum Gasteiger partial charge on any atom is -0.478 e. The lowest BCUT2D eigenvalue weighted by atomic mass is 10.1. The predicted molar refractivity (Wildman–Crippen MR) is 140 cm³/mol. The number of rotatable bonds is 11. The van der Waals surface area contributed by atoms with Gasteiger partial charge in [0.25, 0.3) is 0 Å². The van der Waals surface area contributed by atoms with Crippen LogP contribution in [-0.4, -0.2) is 65.0 Å². The molecule has 3 rings (SSSR count). The summed E-state index contributed by atoms with van der Waals surface area (Å²) in [6, 6.07) is 24.4. The number of benzene rings is 3. The summed E-state index contributed by atoms with van der Waals surface area (Å²) in [5.74, 6) is -5.63. The maximum absolute atomic E-state index is 12.0. The average Bonchev–Trinajstić information content (AvgIpc) is 2.95. The van der Waals surface area contributed by atoms with Gasteiger partial charge in [-0.2, -0.15) is 0 Å². The minimum atomic E-state index is -2.21. The molecule has 3 aromatic rings. The number of hydrogen-bond acceptors (Lipinski definition) is 9. The first-order valence-corrected chi connectivity index (χ1v) is 11.8. The summed E-state index contributed by atoms with van der Waals surface area (Å²) < 4.78 is 14.1. The highest BCUT2D eigenvalue weighted by atomic mass is 16.6. The maximum atomic E-state index is 12.0. The topological polar surface area (TPSA) is 206 Å². The molecule has 6 N–H and O–H groups in total. The molecule has 0 aliphatic carbocycles. The fourth-order valence-electron chi connectivity index (χ4n) is 3.16. The lowest BCUT2D eigenvalue weighted by molar-refractivity contribution is -0.166. The van der Waals surface area contributed by atoms with Crippen LogP contribution in [0, 0.1) is 0 Å². The van der Waals surface area contributed by atoms with Crippen molar-refractivity contribution in [1.82, 2.24) is 0 Å². The van der Waals surface area contributed by atoms with Gasteiger partial charge in [-0.3, -0.25) is 0 Å². The molecule has 1 amide bonds. The van der Waals surface area contributed by atoms with Crippen LogP contribution in [0.5, 0.6) is 0 Å². The second-order valence-corrected chi connectivity index (χ2v) is 8.14. The van der Waals surface area contributed by atoms with Gasteiger partial charge in [0.1, 0.15) is 6.61 Å². The van der Waals surface area contributed by atoms with Crippen LogP contribution in [0.1, 0.15) is 26.3 Å². The second kappa shape index (κ2) is 15.9. The fraction of sp³-hybridized carbons (Fsp3) is 0.179. The monoisotopic (exact) mass is 552 g/mol. The van der Waals surface area contributed by atoms with Crippen LogP contribution >= 0.6 is 0 Å². The van der Waals surface area contributed by atoms with E-state index in [1.165, 1.54) is 48.5 Å². The van der Waals surface area contributed by atoms with Crippen LogP contribution in [0.25, 0.3) is 0 Å². The van der Waals surface area contributed by atoms with Crippen molar-refractivity contribution in [2.45, 2.75) is 24.7 Å². The molecule has 0 spiro atoms. The van der Waals surface area contributed by atoms with E-state index >= 15 is 0 Å². The standard InChI is InChI=1S/C18H14O8.C10H14N2O2/c19-15(20)13(25-17(23)11-7-3-1-4-8-11)14(16(21)22)26-18(24)12-9-5-2-6-10-12;11-9(7-14-10(12)13)6-8-4-2-1-3-5-8/h1-10,13-14H,(H,19,20)(H,21,22);1-5,9H,6-7,11H2,(H2,12,13)/t13-,14-;9-/m01/s1. The van der Waals surface area contributed by atoms with Crippen LogP contribution in [0.3, 0.4) is 0 Å². The number of aliphatic carboxylic acids is 2. The molecule has 210 valence electrons. The van der Waals surface area contributed by atoms with Crippen LogP contribution in [0.15, 0.2) is 91.0 Å². The number of carbonyl (C=O) groups excluding carboxylic acids is 3. The van der Waals surface area contributed by atoms with E-state index < -0.39 is 42.2 Å². The van der Waals surface area contributed by atoms with Crippen molar-refractivity contribution in [2.24, 2.45) is 11.5 Å². The van der Waals surface area contributed by atoms with Crippen molar-refractivity contribution in [3.8, 4) is 0 Å². The molecule has 0 saturated carbocycles. The number of carboxylic acid groups (broad SMARTS) is 2. The third-order valence-corrected chi connectivity index (χ3v) is 5.03. The summed E-state index contributed by atoms with van der Waals surface area (Å²) >= 11 is 0. The lowest BCUT2D eigenvalue weighted by Crippen LogP contribution is -2.45. The number of amides is 1. The van der Waals surface area contributed by atoms with E-state index in [1.807, 2.05) is 30.3 Å². The Kier molecular flexibility index (Phi) is 12.3. The van der Waals surface area contributed by atoms with Gasteiger partial charge in [0.2, 0.25) is 12.2 Å². The third-order valence-electron chi connectivity index (χ3n) is 5.03. The first kappa shape index (κ1) is 31.0. The summed E-state index contributed by atoms with van der Waals surface area (Å²) in [5, 5.41) is 18.5. The highest BCUT2D eigenvalue weighted by Gasteiger charge is 2.41. The first-order valence-electron chi connectivity index (χ1n) is 11.8. The largest absolute Gasteiger partial charge is 0.478 e. The van der Waals surface area contributed by atoms with Gasteiger partial charge in [-0.15, -0.1) is 0 Å². The molecule has 0 radical (unpaired) electrons.